The molecule has 0 saturated heterocycles. The van der Waals surface area contributed by atoms with Gasteiger partial charge in [0.2, 0.25) is 11.7 Å². The number of esters is 1. The van der Waals surface area contributed by atoms with Crippen LogP contribution >= 0.6 is 0 Å². The van der Waals surface area contributed by atoms with E-state index < -0.39 is 5.97 Å². The van der Waals surface area contributed by atoms with E-state index in [0.717, 1.165) is 21.9 Å². The minimum Gasteiger partial charge on any atom is -0.461 e. The zero-order valence-corrected chi connectivity index (χ0v) is 18.7. The first-order valence-electron chi connectivity index (χ1n) is 10.9. The highest BCUT2D eigenvalue weighted by atomic mass is 16.5. The first-order chi connectivity index (χ1) is 16.5. The molecule has 0 saturated carbocycles. The second-order valence-corrected chi connectivity index (χ2v) is 7.81. The third kappa shape index (κ3) is 4.05. The van der Waals surface area contributed by atoms with Crippen molar-refractivity contribution in [2.45, 2.75) is 20.4 Å². The lowest BCUT2D eigenvalue weighted by Gasteiger charge is -2.16. The monoisotopic (exact) mass is 458 g/mol. The second-order valence-electron chi connectivity index (χ2n) is 7.81. The summed E-state index contributed by atoms with van der Waals surface area (Å²) in [5, 5.41) is 9.25. The SMILES string of the molecule is CCOC(=O)c1ccc2c(n1)C(=O)N(CCNc1nccc3ccc(-c4noc(C)n4)cc13)C2. The quantitative estimate of drug-likeness (QED) is 0.416. The van der Waals surface area contributed by atoms with Crippen LogP contribution in [0.2, 0.25) is 0 Å². The molecule has 3 aromatic heterocycles. The summed E-state index contributed by atoms with van der Waals surface area (Å²) in [7, 11) is 0. The lowest BCUT2D eigenvalue weighted by molar-refractivity contribution is 0.0519. The van der Waals surface area contributed by atoms with E-state index in [9.17, 15) is 9.59 Å². The fraction of sp³-hybridized carbons (Fsp3) is 0.250. The molecule has 0 aliphatic carbocycles. The summed E-state index contributed by atoms with van der Waals surface area (Å²) >= 11 is 0. The Bertz CT molecular complexity index is 1400. The maximum atomic E-state index is 12.8. The molecular weight excluding hydrogens is 436 g/mol. The van der Waals surface area contributed by atoms with Crippen LogP contribution in [0.5, 0.6) is 0 Å². The maximum Gasteiger partial charge on any atom is 0.356 e. The second kappa shape index (κ2) is 8.89. The molecule has 172 valence electrons. The number of pyridine rings is 2. The summed E-state index contributed by atoms with van der Waals surface area (Å²) in [6, 6.07) is 11.2. The van der Waals surface area contributed by atoms with E-state index in [2.05, 4.69) is 25.4 Å². The minimum atomic E-state index is -0.532. The van der Waals surface area contributed by atoms with Crippen LogP contribution in [-0.4, -0.2) is 56.6 Å². The standard InChI is InChI=1S/C24H22N6O4/c1-3-33-24(32)19-7-6-17-13-30(23(31)20(17)28-19)11-10-26-22-18-12-16(21-27-14(2)34-29-21)5-4-15(18)8-9-25-22/h4-9,12H,3,10-11,13H2,1-2H3,(H,25,26). The lowest BCUT2D eigenvalue weighted by Crippen LogP contribution is -2.29. The van der Waals surface area contributed by atoms with E-state index in [1.54, 1.807) is 37.1 Å². The number of fused-ring (bicyclic) bond motifs is 2. The van der Waals surface area contributed by atoms with E-state index >= 15 is 0 Å². The number of nitrogens with one attached hydrogen (secondary N) is 1. The third-order valence-electron chi connectivity index (χ3n) is 5.54. The summed E-state index contributed by atoms with van der Waals surface area (Å²) in [4.78, 5) is 39.5. The van der Waals surface area contributed by atoms with Crippen LogP contribution in [0.3, 0.4) is 0 Å². The van der Waals surface area contributed by atoms with Gasteiger partial charge in [0.25, 0.3) is 5.91 Å². The van der Waals surface area contributed by atoms with Gasteiger partial charge in [0, 0.05) is 49.3 Å². The average Bonchev–Trinajstić information content (AvgIpc) is 3.42. The van der Waals surface area contributed by atoms with Gasteiger partial charge in [0.15, 0.2) is 0 Å². The number of anilines is 1. The Morgan fingerprint density at radius 1 is 1.21 bits per heavy atom. The minimum absolute atomic E-state index is 0.140. The highest BCUT2D eigenvalue weighted by Crippen LogP contribution is 2.27. The first kappa shape index (κ1) is 21.5. The molecule has 1 aliphatic heterocycles. The van der Waals surface area contributed by atoms with E-state index in [1.807, 2.05) is 24.3 Å². The number of rotatable bonds is 7. The molecule has 0 fully saturated rings. The molecule has 10 heteroatoms. The molecule has 4 aromatic rings. The number of aryl methyl sites for hydroxylation is 1. The highest BCUT2D eigenvalue weighted by Gasteiger charge is 2.29. The van der Waals surface area contributed by atoms with Crippen molar-refractivity contribution in [1.29, 1.82) is 0 Å². The topological polar surface area (TPSA) is 123 Å². The summed E-state index contributed by atoms with van der Waals surface area (Å²) in [6.45, 7) is 5.10. The van der Waals surface area contributed by atoms with Crippen LogP contribution < -0.4 is 5.32 Å². The molecule has 1 aromatic carbocycles. The first-order valence-corrected chi connectivity index (χ1v) is 10.9. The molecule has 0 bridgehead atoms. The summed E-state index contributed by atoms with van der Waals surface area (Å²) in [5.41, 5.74) is 2.06. The number of benzene rings is 1. The number of carbonyl (C=O) groups is 2. The van der Waals surface area contributed by atoms with Crippen molar-refractivity contribution in [2.75, 3.05) is 25.0 Å². The Balaban J connectivity index is 1.29. The van der Waals surface area contributed by atoms with Gasteiger partial charge in [0.05, 0.1) is 6.61 Å². The van der Waals surface area contributed by atoms with Crippen LogP contribution in [0, 0.1) is 6.92 Å². The normalized spacial score (nSPS) is 12.8. The van der Waals surface area contributed by atoms with Crippen molar-refractivity contribution in [1.82, 2.24) is 25.0 Å². The van der Waals surface area contributed by atoms with Gasteiger partial charge in [0.1, 0.15) is 17.2 Å². The van der Waals surface area contributed by atoms with E-state index in [1.165, 1.54) is 0 Å². The van der Waals surface area contributed by atoms with Crippen molar-refractivity contribution in [3.8, 4) is 11.4 Å². The molecule has 0 spiro atoms. The molecule has 5 rings (SSSR count). The molecule has 1 aliphatic rings. The Hall–Kier alpha value is -4.34. The van der Waals surface area contributed by atoms with Crippen molar-refractivity contribution in [2.24, 2.45) is 0 Å². The van der Waals surface area contributed by atoms with Gasteiger partial charge < -0.3 is 19.5 Å². The van der Waals surface area contributed by atoms with E-state index in [4.69, 9.17) is 9.26 Å². The number of amides is 1. The molecule has 4 heterocycles. The number of nitrogens with zero attached hydrogens (tertiary/aromatic N) is 5. The highest BCUT2D eigenvalue weighted by molar-refractivity contribution is 5.98. The Labute approximate surface area is 195 Å². The van der Waals surface area contributed by atoms with E-state index in [0.29, 0.717) is 42.9 Å². The maximum absolute atomic E-state index is 12.8. The number of carbonyl (C=O) groups excluding carboxylic acids is 2. The summed E-state index contributed by atoms with van der Waals surface area (Å²) in [6.07, 6.45) is 1.74. The van der Waals surface area contributed by atoms with Crippen molar-refractivity contribution in [3.63, 3.8) is 0 Å². The molecule has 0 unspecified atom stereocenters. The number of hydrogen-bond acceptors (Lipinski definition) is 9. The summed E-state index contributed by atoms with van der Waals surface area (Å²) < 4.78 is 10.1. The molecule has 1 amide bonds. The van der Waals surface area contributed by atoms with Gasteiger partial charge in [-0.3, -0.25) is 4.79 Å². The number of aromatic nitrogens is 4. The molecule has 0 atom stereocenters. The molecule has 1 N–H and O–H groups in total. The van der Waals surface area contributed by atoms with Gasteiger partial charge in [-0.05, 0) is 30.5 Å². The lowest BCUT2D eigenvalue weighted by atomic mass is 10.1. The third-order valence-corrected chi connectivity index (χ3v) is 5.54. The van der Waals surface area contributed by atoms with Gasteiger partial charge in [-0.25, -0.2) is 14.8 Å². The molecule has 10 nitrogen and oxygen atoms in total. The van der Waals surface area contributed by atoms with Gasteiger partial charge in [-0.15, -0.1) is 0 Å². The van der Waals surface area contributed by atoms with Crippen molar-refractivity contribution >= 4 is 28.5 Å². The van der Waals surface area contributed by atoms with Crippen molar-refractivity contribution in [3.05, 3.63) is 65.4 Å². The Kier molecular flexibility index (Phi) is 5.62. The van der Waals surface area contributed by atoms with Crippen LogP contribution in [0.25, 0.3) is 22.2 Å². The van der Waals surface area contributed by atoms with Crippen LogP contribution in [0.1, 0.15) is 39.4 Å². The van der Waals surface area contributed by atoms with Gasteiger partial charge in [-0.1, -0.05) is 23.4 Å². The Morgan fingerprint density at radius 3 is 2.88 bits per heavy atom. The number of hydrogen-bond donors (Lipinski definition) is 1. The fourth-order valence-corrected chi connectivity index (χ4v) is 3.90. The number of ether oxygens (including phenoxy) is 1. The van der Waals surface area contributed by atoms with Gasteiger partial charge >= 0.3 is 5.97 Å². The average molecular weight is 458 g/mol. The fourth-order valence-electron chi connectivity index (χ4n) is 3.90. The van der Waals surface area contributed by atoms with E-state index in [-0.39, 0.29) is 18.2 Å². The van der Waals surface area contributed by atoms with Crippen LogP contribution in [0.4, 0.5) is 5.82 Å². The Morgan fingerprint density at radius 2 is 2.09 bits per heavy atom. The zero-order valence-electron chi connectivity index (χ0n) is 18.7. The van der Waals surface area contributed by atoms with Crippen LogP contribution in [0.15, 0.2) is 47.1 Å². The van der Waals surface area contributed by atoms with Crippen LogP contribution in [-0.2, 0) is 11.3 Å². The predicted molar refractivity (Wildman–Crippen MR) is 123 cm³/mol. The summed E-state index contributed by atoms with van der Waals surface area (Å²) in [5.74, 6) is 0.981. The molecule has 0 radical (unpaired) electrons. The van der Waals surface area contributed by atoms with Crippen molar-refractivity contribution < 1.29 is 18.8 Å². The molecule has 34 heavy (non-hydrogen) atoms. The molecular formula is C24H22N6O4. The largest absolute Gasteiger partial charge is 0.461 e. The smallest absolute Gasteiger partial charge is 0.356 e. The zero-order chi connectivity index (χ0) is 23.7. The van der Waals surface area contributed by atoms with Gasteiger partial charge in [-0.2, -0.15) is 4.98 Å². The predicted octanol–water partition coefficient (Wildman–Crippen LogP) is 3.23.